The van der Waals surface area contributed by atoms with Crippen molar-refractivity contribution in [2.45, 2.75) is 38.1 Å². The zero-order valence-corrected chi connectivity index (χ0v) is 9.52. The van der Waals surface area contributed by atoms with Crippen LogP contribution in [0.5, 0.6) is 0 Å². The van der Waals surface area contributed by atoms with E-state index in [4.69, 9.17) is 0 Å². The van der Waals surface area contributed by atoms with Gasteiger partial charge >= 0.3 is 0 Å². The molecule has 1 aliphatic rings. The van der Waals surface area contributed by atoms with Gasteiger partial charge in [0.25, 0.3) is 0 Å². The molecule has 0 radical (unpaired) electrons. The van der Waals surface area contributed by atoms with Crippen molar-refractivity contribution in [1.29, 1.82) is 0 Å². The average Bonchev–Trinajstić information content (AvgIpc) is 2.19. The predicted molar refractivity (Wildman–Crippen MR) is 60.3 cm³/mol. The molecule has 0 unspecified atom stereocenters. The minimum absolute atomic E-state index is 0.247. The summed E-state index contributed by atoms with van der Waals surface area (Å²) in [5.74, 6) is -0.958. The molecule has 1 fully saturated rings. The van der Waals surface area contributed by atoms with Gasteiger partial charge in [-0.05, 0) is 50.8 Å². The molecular formula is C13H17F2N. The monoisotopic (exact) mass is 225 g/mol. The molecule has 2 rings (SSSR count). The summed E-state index contributed by atoms with van der Waals surface area (Å²) in [6.07, 6.45) is 4.27. The number of benzene rings is 1. The molecule has 0 heterocycles. The van der Waals surface area contributed by atoms with Crippen LogP contribution < -0.4 is 5.32 Å². The summed E-state index contributed by atoms with van der Waals surface area (Å²) in [4.78, 5) is 0. The van der Waals surface area contributed by atoms with E-state index in [1.807, 2.05) is 0 Å². The van der Waals surface area contributed by atoms with Crippen LogP contribution in [0, 0.1) is 11.6 Å². The molecule has 0 bridgehead atoms. The van der Waals surface area contributed by atoms with Gasteiger partial charge in [-0.3, -0.25) is 0 Å². The second kappa shape index (κ2) is 4.50. The van der Waals surface area contributed by atoms with E-state index < -0.39 is 11.6 Å². The molecule has 1 N–H and O–H groups in total. The van der Waals surface area contributed by atoms with Gasteiger partial charge in [-0.15, -0.1) is 0 Å². The van der Waals surface area contributed by atoms with Gasteiger partial charge in [0.15, 0.2) is 0 Å². The first-order valence-corrected chi connectivity index (χ1v) is 5.78. The zero-order chi connectivity index (χ0) is 11.6. The molecule has 1 aromatic rings. The predicted octanol–water partition coefficient (Wildman–Crippen LogP) is 3.04. The Labute approximate surface area is 94.9 Å². The molecule has 88 valence electrons. The number of rotatable bonds is 4. The lowest BCUT2D eigenvalue weighted by Gasteiger charge is -2.39. The van der Waals surface area contributed by atoms with Gasteiger partial charge in [-0.2, -0.15) is 0 Å². The highest BCUT2D eigenvalue weighted by molar-refractivity contribution is 5.18. The third kappa shape index (κ3) is 2.59. The van der Waals surface area contributed by atoms with Crippen LogP contribution in [-0.2, 0) is 6.42 Å². The van der Waals surface area contributed by atoms with Crippen LogP contribution in [0.15, 0.2) is 18.2 Å². The SMILES string of the molecule is CC1(NCCc2ccc(F)cc2F)CCC1. The van der Waals surface area contributed by atoms with Crippen LogP contribution in [-0.4, -0.2) is 12.1 Å². The van der Waals surface area contributed by atoms with E-state index >= 15 is 0 Å². The lowest BCUT2D eigenvalue weighted by atomic mass is 9.78. The van der Waals surface area contributed by atoms with Gasteiger partial charge < -0.3 is 5.32 Å². The normalized spacial score (nSPS) is 18.2. The van der Waals surface area contributed by atoms with Crippen molar-refractivity contribution in [2.75, 3.05) is 6.54 Å². The molecule has 0 spiro atoms. The highest BCUT2D eigenvalue weighted by Crippen LogP contribution is 2.30. The second-order valence-electron chi connectivity index (χ2n) is 4.83. The molecule has 0 saturated heterocycles. The van der Waals surface area contributed by atoms with Gasteiger partial charge in [-0.1, -0.05) is 6.07 Å². The zero-order valence-electron chi connectivity index (χ0n) is 9.52. The Morgan fingerprint density at radius 1 is 1.31 bits per heavy atom. The van der Waals surface area contributed by atoms with Crippen molar-refractivity contribution in [3.63, 3.8) is 0 Å². The molecular weight excluding hydrogens is 208 g/mol. The van der Waals surface area contributed by atoms with E-state index in [1.54, 1.807) is 0 Å². The summed E-state index contributed by atoms with van der Waals surface area (Å²) in [5, 5.41) is 3.43. The molecule has 0 aliphatic heterocycles. The van der Waals surface area contributed by atoms with Crippen molar-refractivity contribution in [1.82, 2.24) is 5.32 Å². The number of halogens is 2. The lowest BCUT2D eigenvalue weighted by molar-refractivity contribution is 0.210. The van der Waals surface area contributed by atoms with Gasteiger partial charge in [0.05, 0.1) is 0 Å². The van der Waals surface area contributed by atoms with E-state index in [0.29, 0.717) is 12.0 Å². The van der Waals surface area contributed by atoms with Crippen LogP contribution in [0.25, 0.3) is 0 Å². The third-order valence-electron chi connectivity index (χ3n) is 3.42. The van der Waals surface area contributed by atoms with E-state index in [2.05, 4.69) is 12.2 Å². The minimum Gasteiger partial charge on any atom is -0.311 e. The van der Waals surface area contributed by atoms with Crippen LogP contribution in [0.3, 0.4) is 0 Å². The Morgan fingerprint density at radius 3 is 2.62 bits per heavy atom. The number of nitrogens with one attached hydrogen (secondary N) is 1. The summed E-state index contributed by atoms with van der Waals surface area (Å²) < 4.78 is 26.0. The van der Waals surface area contributed by atoms with Crippen molar-refractivity contribution in [3.05, 3.63) is 35.4 Å². The van der Waals surface area contributed by atoms with Crippen LogP contribution in [0.1, 0.15) is 31.7 Å². The van der Waals surface area contributed by atoms with Crippen LogP contribution in [0.2, 0.25) is 0 Å². The number of hydrogen-bond acceptors (Lipinski definition) is 1. The molecule has 1 aliphatic carbocycles. The smallest absolute Gasteiger partial charge is 0.129 e. The van der Waals surface area contributed by atoms with E-state index in [9.17, 15) is 8.78 Å². The molecule has 0 aromatic heterocycles. The van der Waals surface area contributed by atoms with Gasteiger partial charge in [0, 0.05) is 11.6 Å². The molecule has 1 aromatic carbocycles. The molecule has 0 atom stereocenters. The van der Waals surface area contributed by atoms with Crippen molar-refractivity contribution in [2.24, 2.45) is 0 Å². The van der Waals surface area contributed by atoms with E-state index in [-0.39, 0.29) is 5.54 Å². The Hall–Kier alpha value is -0.960. The Balaban J connectivity index is 1.85. The largest absolute Gasteiger partial charge is 0.311 e. The molecule has 1 saturated carbocycles. The quantitative estimate of drug-likeness (QED) is 0.830. The second-order valence-corrected chi connectivity index (χ2v) is 4.83. The first-order chi connectivity index (χ1) is 7.59. The fourth-order valence-corrected chi connectivity index (χ4v) is 2.11. The molecule has 0 amide bonds. The Kier molecular flexibility index (Phi) is 3.24. The van der Waals surface area contributed by atoms with E-state index in [1.165, 1.54) is 31.4 Å². The average molecular weight is 225 g/mol. The van der Waals surface area contributed by atoms with Gasteiger partial charge in [0.2, 0.25) is 0 Å². The fraction of sp³-hybridized carbons (Fsp3) is 0.538. The number of hydrogen-bond donors (Lipinski definition) is 1. The first kappa shape index (κ1) is 11.5. The Morgan fingerprint density at radius 2 is 2.06 bits per heavy atom. The third-order valence-corrected chi connectivity index (χ3v) is 3.42. The first-order valence-electron chi connectivity index (χ1n) is 5.78. The van der Waals surface area contributed by atoms with Crippen molar-refractivity contribution in [3.8, 4) is 0 Å². The summed E-state index contributed by atoms with van der Waals surface area (Å²) >= 11 is 0. The molecule has 16 heavy (non-hydrogen) atoms. The fourth-order valence-electron chi connectivity index (χ4n) is 2.11. The molecule has 1 nitrogen and oxygen atoms in total. The maximum absolute atomic E-state index is 13.3. The maximum Gasteiger partial charge on any atom is 0.129 e. The summed E-state index contributed by atoms with van der Waals surface area (Å²) in [7, 11) is 0. The summed E-state index contributed by atoms with van der Waals surface area (Å²) in [5.41, 5.74) is 0.827. The Bertz CT molecular complexity index is 372. The lowest BCUT2D eigenvalue weighted by Crippen LogP contribution is -2.48. The minimum atomic E-state index is -0.514. The van der Waals surface area contributed by atoms with Crippen LogP contribution in [0.4, 0.5) is 8.78 Å². The molecule has 3 heteroatoms. The van der Waals surface area contributed by atoms with Crippen molar-refractivity contribution >= 4 is 0 Å². The van der Waals surface area contributed by atoms with Gasteiger partial charge in [0.1, 0.15) is 11.6 Å². The van der Waals surface area contributed by atoms with E-state index in [0.717, 1.165) is 12.6 Å². The highest BCUT2D eigenvalue weighted by atomic mass is 19.1. The summed E-state index contributed by atoms with van der Waals surface area (Å²) in [6.45, 7) is 2.94. The van der Waals surface area contributed by atoms with Crippen LogP contribution >= 0.6 is 0 Å². The topological polar surface area (TPSA) is 12.0 Å². The highest BCUT2D eigenvalue weighted by Gasteiger charge is 2.30. The standard InChI is InChI=1S/C13H17F2N/c1-13(6-2-7-13)16-8-5-10-3-4-11(14)9-12(10)15/h3-4,9,16H,2,5-8H2,1H3. The maximum atomic E-state index is 13.3. The van der Waals surface area contributed by atoms with Gasteiger partial charge in [-0.25, -0.2) is 8.78 Å². The van der Waals surface area contributed by atoms with Crippen molar-refractivity contribution < 1.29 is 8.78 Å². The summed E-state index contributed by atoms with van der Waals surface area (Å²) in [6, 6.07) is 3.78.